The van der Waals surface area contributed by atoms with E-state index in [1.54, 1.807) is 30.7 Å². The average molecular weight is 273 g/mol. The van der Waals surface area contributed by atoms with E-state index in [-0.39, 0.29) is 12.5 Å². The number of rotatable bonds is 5. The van der Waals surface area contributed by atoms with Gasteiger partial charge in [-0.3, -0.25) is 9.59 Å². The molecule has 0 aliphatic rings. The van der Waals surface area contributed by atoms with E-state index in [4.69, 9.17) is 16.7 Å². The number of amides is 1. The Balaban J connectivity index is 2.74. The van der Waals surface area contributed by atoms with Crippen LogP contribution in [-0.2, 0) is 11.3 Å². The van der Waals surface area contributed by atoms with E-state index in [0.717, 1.165) is 0 Å². The minimum absolute atomic E-state index is 0.0632. The number of carbonyl (C=O) groups is 2. The van der Waals surface area contributed by atoms with Crippen LogP contribution in [0.4, 0.5) is 0 Å². The Hall–Kier alpha value is -1.49. The third-order valence-electron chi connectivity index (χ3n) is 2.71. The van der Waals surface area contributed by atoms with Crippen molar-refractivity contribution in [2.45, 2.75) is 27.3 Å². The fourth-order valence-electron chi connectivity index (χ4n) is 1.39. The number of aryl methyl sites for hydroxylation is 1. The SMILES string of the molecule is CCn1cc(Cl)cc1C(=O)NCC(C)(C)C(=O)O. The summed E-state index contributed by atoms with van der Waals surface area (Å²) in [5.74, 6) is -1.27. The first-order valence-electron chi connectivity index (χ1n) is 5.65. The molecule has 0 fully saturated rings. The van der Waals surface area contributed by atoms with E-state index in [9.17, 15) is 9.59 Å². The van der Waals surface area contributed by atoms with Gasteiger partial charge in [0.15, 0.2) is 0 Å². The van der Waals surface area contributed by atoms with E-state index in [1.165, 1.54) is 0 Å². The van der Waals surface area contributed by atoms with Crippen LogP contribution in [0, 0.1) is 5.41 Å². The van der Waals surface area contributed by atoms with Crippen molar-refractivity contribution in [1.82, 2.24) is 9.88 Å². The number of nitrogens with one attached hydrogen (secondary N) is 1. The summed E-state index contributed by atoms with van der Waals surface area (Å²) in [4.78, 5) is 22.8. The van der Waals surface area contributed by atoms with Crippen molar-refractivity contribution in [3.8, 4) is 0 Å². The zero-order valence-electron chi connectivity index (χ0n) is 10.7. The third kappa shape index (κ3) is 3.26. The number of carbonyl (C=O) groups excluding carboxylic acids is 1. The molecule has 2 N–H and O–H groups in total. The molecule has 0 spiro atoms. The zero-order chi connectivity index (χ0) is 13.9. The van der Waals surface area contributed by atoms with Crippen molar-refractivity contribution in [1.29, 1.82) is 0 Å². The van der Waals surface area contributed by atoms with Crippen molar-refractivity contribution in [3.63, 3.8) is 0 Å². The highest BCUT2D eigenvalue weighted by Gasteiger charge is 2.28. The van der Waals surface area contributed by atoms with Gasteiger partial charge in [-0.05, 0) is 26.8 Å². The molecule has 0 saturated heterocycles. The number of halogens is 1. The second kappa shape index (κ2) is 5.44. The van der Waals surface area contributed by atoms with E-state index >= 15 is 0 Å². The van der Waals surface area contributed by atoms with Gasteiger partial charge in [0.2, 0.25) is 0 Å². The van der Waals surface area contributed by atoms with Gasteiger partial charge in [0.05, 0.1) is 10.4 Å². The second-order valence-electron chi connectivity index (χ2n) is 4.70. The number of carboxylic acid groups (broad SMARTS) is 1. The minimum atomic E-state index is -0.997. The number of nitrogens with zero attached hydrogens (tertiary/aromatic N) is 1. The van der Waals surface area contributed by atoms with E-state index in [0.29, 0.717) is 17.3 Å². The highest BCUT2D eigenvalue weighted by atomic mass is 35.5. The molecule has 0 aliphatic carbocycles. The molecular weight excluding hydrogens is 256 g/mol. The van der Waals surface area contributed by atoms with Crippen molar-refractivity contribution >= 4 is 23.5 Å². The molecule has 0 unspecified atom stereocenters. The first kappa shape index (κ1) is 14.6. The molecule has 1 rings (SSSR count). The first-order chi connectivity index (χ1) is 8.27. The largest absolute Gasteiger partial charge is 0.481 e. The Morgan fingerprint density at radius 1 is 1.50 bits per heavy atom. The van der Waals surface area contributed by atoms with Gasteiger partial charge in [0, 0.05) is 19.3 Å². The summed E-state index contributed by atoms with van der Waals surface area (Å²) in [5.41, 5.74) is -0.563. The normalized spacial score (nSPS) is 11.3. The lowest BCUT2D eigenvalue weighted by Crippen LogP contribution is -2.39. The molecule has 1 amide bonds. The molecule has 0 saturated carbocycles. The Morgan fingerprint density at radius 3 is 2.61 bits per heavy atom. The maximum atomic E-state index is 11.9. The van der Waals surface area contributed by atoms with Gasteiger partial charge in [0.1, 0.15) is 5.69 Å². The lowest BCUT2D eigenvalue weighted by molar-refractivity contribution is -0.146. The van der Waals surface area contributed by atoms with Crippen molar-refractivity contribution in [3.05, 3.63) is 23.0 Å². The van der Waals surface area contributed by atoms with Crippen molar-refractivity contribution < 1.29 is 14.7 Å². The summed E-state index contributed by atoms with van der Waals surface area (Å²) in [6.07, 6.45) is 1.67. The summed E-state index contributed by atoms with van der Waals surface area (Å²) in [5, 5.41) is 12.0. The van der Waals surface area contributed by atoms with Gasteiger partial charge >= 0.3 is 5.97 Å². The number of aliphatic carboxylic acids is 1. The molecule has 0 radical (unpaired) electrons. The van der Waals surface area contributed by atoms with Crippen LogP contribution in [0.25, 0.3) is 0 Å². The second-order valence-corrected chi connectivity index (χ2v) is 5.14. The molecule has 1 aromatic heterocycles. The summed E-state index contributed by atoms with van der Waals surface area (Å²) >= 11 is 5.83. The predicted octanol–water partition coefficient (Wildman–Crippen LogP) is 2.00. The van der Waals surface area contributed by atoms with Crippen LogP contribution in [0.1, 0.15) is 31.3 Å². The van der Waals surface area contributed by atoms with Gasteiger partial charge in [-0.15, -0.1) is 0 Å². The summed E-state index contributed by atoms with van der Waals surface area (Å²) in [6.45, 7) is 5.70. The van der Waals surface area contributed by atoms with Crippen LogP contribution >= 0.6 is 11.6 Å². The van der Waals surface area contributed by atoms with Gasteiger partial charge in [-0.2, -0.15) is 0 Å². The van der Waals surface area contributed by atoms with E-state index < -0.39 is 11.4 Å². The van der Waals surface area contributed by atoms with Crippen molar-refractivity contribution in [2.24, 2.45) is 5.41 Å². The van der Waals surface area contributed by atoms with Gasteiger partial charge in [-0.1, -0.05) is 11.6 Å². The molecular formula is C12H17ClN2O3. The quantitative estimate of drug-likeness (QED) is 0.861. The maximum absolute atomic E-state index is 11.9. The van der Waals surface area contributed by atoms with Gasteiger partial charge in [0.25, 0.3) is 5.91 Å². The Bertz CT molecular complexity index is 466. The van der Waals surface area contributed by atoms with Crippen LogP contribution in [-0.4, -0.2) is 28.1 Å². The summed E-state index contributed by atoms with van der Waals surface area (Å²) in [6, 6.07) is 1.56. The Labute approximate surface area is 111 Å². The molecule has 0 atom stereocenters. The molecule has 6 heteroatoms. The fraction of sp³-hybridized carbons (Fsp3) is 0.500. The van der Waals surface area contributed by atoms with Crippen LogP contribution in [0.2, 0.25) is 5.02 Å². The standard InChI is InChI=1S/C12H17ClN2O3/c1-4-15-6-8(13)5-9(15)10(16)14-7-12(2,3)11(17)18/h5-6H,4,7H2,1-3H3,(H,14,16)(H,17,18). The number of hydrogen-bond acceptors (Lipinski definition) is 2. The maximum Gasteiger partial charge on any atom is 0.310 e. The van der Waals surface area contributed by atoms with Crippen LogP contribution in [0.15, 0.2) is 12.3 Å². The molecule has 0 bridgehead atoms. The topological polar surface area (TPSA) is 71.3 Å². The van der Waals surface area contributed by atoms with Gasteiger partial charge in [-0.25, -0.2) is 0 Å². The first-order valence-corrected chi connectivity index (χ1v) is 6.03. The molecule has 0 aliphatic heterocycles. The molecule has 18 heavy (non-hydrogen) atoms. The fourth-order valence-corrected chi connectivity index (χ4v) is 1.62. The summed E-state index contributed by atoms with van der Waals surface area (Å²) in [7, 11) is 0. The van der Waals surface area contributed by atoms with Crippen LogP contribution < -0.4 is 5.32 Å². The van der Waals surface area contributed by atoms with Crippen LogP contribution in [0.3, 0.4) is 0 Å². The predicted molar refractivity (Wildman–Crippen MR) is 68.9 cm³/mol. The van der Waals surface area contributed by atoms with Crippen molar-refractivity contribution in [2.75, 3.05) is 6.54 Å². The zero-order valence-corrected chi connectivity index (χ0v) is 11.4. The lowest BCUT2D eigenvalue weighted by Gasteiger charge is -2.19. The Kier molecular flexibility index (Phi) is 4.40. The van der Waals surface area contributed by atoms with E-state index in [2.05, 4.69) is 5.32 Å². The average Bonchev–Trinajstić information content (AvgIpc) is 2.67. The lowest BCUT2D eigenvalue weighted by atomic mass is 9.94. The molecule has 1 aromatic rings. The Morgan fingerprint density at radius 2 is 2.11 bits per heavy atom. The molecule has 1 heterocycles. The monoisotopic (exact) mass is 272 g/mol. The number of aromatic nitrogens is 1. The van der Waals surface area contributed by atoms with Crippen LogP contribution in [0.5, 0.6) is 0 Å². The third-order valence-corrected chi connectivity index (χ3v) is 2.91. The molecule has 100 valence electrons. The molecule has 0 aromatic carbocycles. The highest BCUT2D eigenvalue weighted by Crippen LogP contribution is 2.16. The smallest absolute Gasteiger partial charge is 0.310 e. The number of carboxylic acids is 1. The molecule has 5 nitrogen and oxygen atoms in total. The number of hydrogen-bond donors (Lipinski definition) is 2. The van der Waals surface area contributed by atoms with E-state index in [1.807, 2.05) is 6.92 Å². The highest BCUT2D eigenvalue weighted by molar-refractivity contribution is 6.31. The summed E-state index contributed by atoms with van der Waals surface area (Å²) < 4.78 is 1.71. The van der Waals surface area contributed by atoms with Gasteiger partial charge < -0.3 is 15.0 Å². The minimum Gasteiger partial charge on any atom is -0.481 e.